The number of aromatic hydroxyl groups is 3. The number of fused-ring (bicyclic) bond motifs is 1. The quantitative estimate of drug-likeness (QED) is 0.386. The summed E-state index contributed by atoms with van der Waals surface area (Å²) >= 11 is 0. The summed E-state index contributed by atoms with van der Waals surface area (Å²) < 4.78 is 11.5. The Balaban J connectivity index is 2.25. The van der Waals surface area contributed by atoms with Gasteiger partial charge in [-0.15, -0.1) is 0 Å². The van der Waals surface area contributed by atoms with Crippen molar-refractivity contribution in [3.05, 3.63) is 47.0 Å². The van der Waals surface area contributed by atoms with Crippen molar-refractivity contribution in [1.29, 1.82) is 0 Å². The molecular formula is C20H22O8. The highest BCUT2D eigenvalue weighted by atomic mass is 16.7. The van der Waals surface area contributed by atoms with Crippen LogP contribution in [0.15, 0.2) is 30.3 Å². The van der Waals surface area contributed by atoms with Gasteiger partial charge in [-0.25, -0.2) is 0 Å². The molecule has 28 heavy (non-hydrogen) atoms. The lowest BCUT2D eigenvalue weighted by molar-refractivity contribution is -0.346. The molecule has 5 N–H and O–H groups in total. The maximum absolute atomic E-state index is 12.9. The number of ether oxygens (including phenoxy) is 2. The second-order valence-corrected chi connectivity index (χ2v) is 6.76. The molecule has 0 saturated heterocycles. The first-order chi connectivity index (χ1) is 13.1. The van der Waals surface area contributed by atoms with Crippen molar-refractivity contribution in [1.82, 2.24) is 0 Å². The molecule has 8 heteroatoms. The molecule has 1 aliphatic heterocycles. The molecule has 2 aromatic rings. The first kappa shape index (κ1) is 19.9. The summed E-state index contributed by atoms with van der Waals surface area (Å²) in [5, 5.41) is 51.3. The summed E-state index contributed by atoms with van der Waals surface area (Å²) in [4.78, 5) is 12.9. The molecule has 0 bridgehead atoms. The number of phenolic OH excluding ortho intramolecular Hbond substituents is 3. The molecule has 0 aliphatic carbocycles. The Hall–Kier alpha value is -2.81. The lowest BCUT2D eigenvalue weighted by Gasteiger charge is -2.45. The Morgan fingerprint density at radius 1 is 1.07 bits per heavy atom. The number of carbonyl (C=O) groups is 1. The molecular weight excluding hydrogens is 368 g/mol. The zero-order valence-electron chi connectivity index (χ0n) is 15.5. The van der Waals surface area contributed by atoms with Crippen LogP contribution in [0.5, 0.6) is 23.0 Å². The predicted molar refractivity (Wildman–Crippen MR) is 97.3 cm³/mol. The Morgan fingerprint density at radius 3 is 2.43 bits per heavy atom. The predicted octanol–water partition coefficient (Wildman–Crippen LogP) is 2.04. The van der Waals surface area contributed by atoms with Gasteiger partial charge in [0, 0.05) is 17.7 Å². The minimum absolute atomic E-state index is 0.0344. The van der Waals surface area contributed by atoms with E-state index < -0.39 is 28.7 Å². The minimum atomic E-state index is -3.19. The molecule has 1 atom stereocenters. The van der Waals surface area contributed by atoms with E-state index in [1.807, 2.05) is 6.92 Å². The van der Waals surface area contributed by atoms with Crippen molar-refractivity contribution in [3.8, 4) is 23.0 Å². The van der Waals surface area contributed by atoms with Crippen molar-refractivity contribution < 1.29 is 39.8 Å². The summed E-state index contributed by atoms with van der Waals surface area (Å²) in [7, 11) is 0. The number of rotatable bonds is 5. The van der Waals surface area contributed by atoms with Crippen LogP contribution in [0.1, 0.15) is 41.3 Å². The van der Waals surface area contributed by atoms with Gasteiger partial charge < -0.3 is 35.0 Å². The van der Waals surface area contributed by atoms with Crippen LogP contribution in [0.3, 0.4) is 0 Å². The van der Waals surface area contributed by atoms with Gasteiger partial charge in [0.15, 0.2) is 0 Å². The van der Waals surface area contributed by atoms with Gasteiger partial charge in [-0.05, 0) is 37.1 Å². The number of unbranched alkanes of at least 4 members (excludes halogenated alkanes) is 1. The summed E-state index contributed by atoms with van der Waals surface area (Å²) in [6.45, 7) is 3.53. The van der Waals surface area contributed by atoms with Gasteiger partial charge in [0.2, 0.25) is 5.78 Å². The number of phenols is 3. The number of hydrogen-bond donors (Lipinski definition) is 5. The smallest absolute Gasteiger partial charge is 0.301 e. The van der Waals surface area contributed by atoms with Gasteiger partial charge in [-0.1, -0.05) is 13.3 Å². The molecule has 0 aromatic heterocycles. The van der Waals surface area contributed by atoms with Gasteiger partial charge in [-0.2, -0.15) is 0 Å². The standard InChI is InChI=1S/C20H22O8/c1-3-4-7-27-20(12-5-6-14(22)11(2)8-12)19(25,26)18(24)17-15(23)9-13(21)10-16(17)28-20/h5-6,8-10,21-23,25-26H,3-4,7H2,1-2H3. The van der Waals surface area contributed by atoms with Crippen LogP contribution in [-0.4, -0.2) is 43.7 Å². The number of ketones is 1. The molecule has 1 aliphatic rings. The monoisotopic (exact) mass is 390 g/mol. The molecule has 0 spiro atoms. The van der Waals surface area contributed by atoms with E-state index >= 15 is 0 Å². The third kappa shape index (κ3) is 2.95. The highest BCUT2D eigenvalue weighted by molar-refractivity contribution is 6.07. The Bertz CT molecular complexity index is 921. The van der Waals surface area contributed by atoms with E-state index in [1.54, 1.807) is 6.92 Å². The normalized spacial score (nSPS) is 20.5. The third-order valence-electron chi connectivity index (χ3n) is 4.70. The van der Waals surface area contributed by atoms with Crippen LogP contribution in [-0.2, 0) is 10.5 Å². The number of hydrogen-bond acceptors (Lipinski definition) is 8. The van der Waals surface area contributed by atoms with Gasteiger partial charge in [0.25, 0.3) is 5.79 Å². The third-order valence-corrected chi connectivity index (χ3v) is 4.70. The van der Waals surface area contributed by atoms with E-state index in [0.717, 1.165) is 18.6 Å². The molecule has 2 aromatic carbocycles. The average Bonchev–Trinajstić information content (AvgIpc) is 2.61. The van der Waals surface area contributed by atoms with Gasteiger partial charge in [0.05, 0.1) is 6.61 Å². The van der Waals surface area contributed by atoms with E-state index in [9.17, 15) is 30.3 Å². The summed E-state index contributed by atoms with van der Waals surface area (Å²) in [5.41, 5.74) is -0.00822. The Morgan fingerprint density at radius 2 is 1.79 bits per heavy atom. The van der Waals surface area contributed by atoms with Gasteiger partial charge in [-0.3, -0.25) is 4.79 Å². The Kier molecular flexibility index (Phi) is 4.97. The highest BCUT2D eigenvalue weighted by Gasteiger charge is 2.64. The van der Waals surface area contributed by atoms with E-state index in [4.69, 9.17) is 9.47 Å². The zero-order chi connectivity index (χ0) is 20.7. The number of Topliss-reactive ketones (excluding diaryl/α,β-unsaturated/α-hetero) is 1. The fourth-order valence-corrected chi connectivity index (χ4v) is 3.14. The molecule has 8 nitrogen and oxygen atoms in total. The van der Waals surface area contributed by atoms with Crippen molar-refractivity contribution >= 4 is 5.78 Å². The lowest BCUT2D eigenvalue weighted by Crippen LogP contribution is -2.64. The van der Waals surface area contributed by atoms with Crippen molar-refractivity contribution in [2.24, 2.45) is 0 Å². The van der Waals surface area contributed by atoms with Gasteiger partial charge in [0.1, 0.15) is 28.6 Å². The molecule has 0 radical (unpaired) electrons. The van der Waals surface area contributed by atoms with Crippen molar-refractivity contribution in [3.63, 3.8) is 0 Å². The van der Waals surface area contributed by atoms with Crippen LogP contribution < -0.4 is 4.74 Å². The zero-order valence-corrected chi connectivity index (χ0v) is 15.5. The summed E-state index contributed by atoms with van der Waals surface area (Å²) in [6.07, 6.45) is 1.28. The minimum Gasteiger partial charge on any atom is -0.508 e. The largest absolute Gasteiger partial charge is 0.508 e. The second-order valence-electron chi connectivity index (χ2n) is 6.76. The fraction of sp³-hybridized carbons (Fsp3) is 0.350. The fourth-order valence-electron chi connectivity index (χ4n) is 3.14. The molecule has 3 rings (SSSR count). The number of aliphatic hydroxyl groups is 2. The average molecular weight is 390 g/mol. The number of carbonyl (C=O) groups excluding carboxylic acids is 1. The molecule has 1 heterocycles. The maximum atomic E-state index is 12.9. The SMILES string of the molecule is CCCCOC1(c2ccc(O)c(C)c2)Oc2cc(O)cc(O)c2C(=O)C1(O)O. The summed E-state index contributed by atoms with van der Waals surface area (Å²) in [5.74, 6) is -8.13. The molecule has 150 valence electrons. The van der Waals surface area contributed by atoms with E-state index in [-0.39, 0.29) is 29.4 Å². The lowest BCUT2D eigenvalue weighted by atomic mass is 9.85. The van der Waals surface area contributed by atoms with Crippen LogP contribution >= 0.6 is 0 Å². The topological polar surface area (TPSA) is 137 Å². The van der Waals surface area contributed by atoms with E-state index in [1.165, 1.54) is 18.2 Å². The van der Waals surface area contributed by atoms with E-state index in [0.29, 0.717) is 12.0 Å². The molecule has 1 unspecified atom stereocenters. The first-order valence-electron chi connectivity index (χ1n) is 8.82. The van der Waals surface area contributed by atoms with Gasteiger partial charge >= 0.3 is 5.79 Å². The number of aryl methyl sites for hydroxylation is 1. The van der Waals surface area contributed by atoms with Crippen molar-refractivity contribution in [2.75, 3.05) is 6.61 Å². The maximum Gasteiger partial charge on any atom is 0.301 e. The molecule has 0 saturated carbocycles. The van der Waals surface area contributed by atoms with Crippen molar-refractivity contribution in [2.45, 2.75) is 38.3 Å². The molecule has 0 fully saturated rings. The first-order valence-corrected chi connectivity index (χ1v) is 8.82. The molecule has 0 amide bonds. The second kappa shape index (κ2) is 6.97. The highest BCUT2D eigenvalue weighted by Crippen LogP contribution is 2.49. The Labute approximate surface area is 161 Å². The van der Waals surface area contributed by atoms with Crippen LogP contribution in [0.2, 0.25) is 0 Å². The van der Waals surface area contributed by atoms with Crippen LogP contribution in [0.25, 0.3) is 0 Å². The summed E-state index contributed by atoms with van der Waals surface area (Å²) in [6, 6.07) is 6.04. The number of benzene rings is 2. The van der Waals surface area contributed by atoms with E-state index in [2.05, 4.69) is 0 Å². The van der Waals surface area contributed by atoms with Crippen LogP contribution in [0.4, 0.5) is 0 Å². The van der Waals surface area contributed by atoms with Crippen LogP contribution in [0, 0.1) is 6.92 Å².